The molecule has 1 aliphatic heterocycles. The first kappa shape index (κ1) is 18.9. The van der Waals surface area contributed by atoms with Crippen LogP contribution in [0.5, 0.6) is 0 Å². The number of likely N-dealkylation sites (tertiary alicyclic amines) is 1. The fourth-order valence-electron chi connectivity index (χ4n) is 2.97. The molecule has 1 fully saturated rings. The Hall–Kier alpha value is -1.83. The first-order valence-electron chi connectivity index (χ1n) is 8.38. The number of nitrogens with two attached hydrogens (primary N) is 1. The van der Waals surface area contributed by atoms with Crippen LogP contribution in [0.25, 0.3) is 0 Å². The smallest absolute Gasteiger partial charge is 0.238 e. The van der Waals surface area contributed by atoms with Gasteiger partial charge in [-0.1, -0.05) is 27.7 Å². The van der Waals surface area contributed by atoms with E-state index in [1.165, 1.54) is 0 Å². The number of anilines is 1. The Bertz CT molecular complexity index is 780. The van der Waals surface area contributed by atoms with Gasteiger partial charge in [-0.2, -0.15) is 0 Å². The van der Waals surface area contributed by atoms with E-state index in [2.05, 4.69) is 33.4 Å². The highest BCUT2D eigenvalue weighted by Crippen LogP contribution is 2.29. The van der Waals surface area contributed by atoms with Crippen molar-refractivity contribution in [1.82, 2.24) is 4.90 Å². The number of nitrogens with one attached hydrogen (secondary N) is 1. The molecule has 5 nitrogen and oxygen atoms in total. The maximum Gasteiger partial charge on any atom is 0.238 e. The molecule has 0 spiro atoms. The van der Waals surface area contributed by atoms with Crippen molar-refractivity contribution in [2.24, 2.45) is 5.73 Å². The molecule has 1 saturated heterocycles. The number of primary amides is 1. The molecular formula is C19H20BrN3O2S. The number of carbonyl (C=O) groups is 2. The molecular weight excluding hydrogens is 414 g/mol. The van der Waals surface area contributed by atoms with Crippen molar-refractivity contribution in [3.8, 4) is 0 Å². The Morgan fingerprint density at radius 1 is 1.12 bits per heavy atom. The summed E-state index contributed by atoms with van der Waals surface area (Å²) in [5, 5.41) is 2.88. The summed E-state index contributed by atoms with van der Waals surface area (Å²) >= 11 is 5.09. The standard InChI is InChI=1S/C19H20BrN3O2S/c20-13-3-7-15(8-4-13)26-16-9-5-14(6-10-16)22-18(24)12-23-11-1-2-17(23)19(21)25/h3-10,17H,1-2,11-12H2,(H2,21,25)(H,22,24). The second-order valence-electron chi connectivity index (χ2n) is 6.16. The fraction of sp³-hybridized carbons (Fsp3) is 0.263. The minimum Gasteiger partial charge on any atom is -0.368 e. The topological polar surface area (TPSA) is 75.4 Å². The summed E-state index contributed by atoms with van der Waals surface area (Å²) < 4.78 is 1.05. The van der Waals surface area contributed by atoms with E-state index in [0.29, 0.717) is 0 Å². The summed E-state index contributed by atoms with van der Waals surface area (Å²) in [6.07, 6.45) is 1.62. The molecule has 136 valence electrons. The maximum atomic E-state index is 12.2. The fourth-order valence-corrected chi connectivity index (χ4v) is 4.05. The Labute approximate surface area is 165 Å². The van der Waals surface area contributed by atoms with E-state index in [0.717, 1.165) is 39.3 Å². The molecule has 1 aliphatic rings. The van der Waals surface area contributed by atoms with E-state index in [9.17, 15) is 9.59 Å². The van der Waals surface area contributed by atoms with E-state index >= 15 is 0 Å². The van der Waals surface area contributed by atoms with Gasteiger partial charge in [-0.3, -0.25) is 14.5 Å². The molecule has 3 N–H and O–H groups in total. The van der Waals surface area contributed by atoms with Gasteiger partial charge in [0.2, 0.25) is 11.8 Å². The van der Waals surface area contributed by atoms with Crippen LogP contribution in [0.2, 0.25) is 0 Å². The van der Waals surface area contributed by atoms with Gasteiger partial charge in [0, 0.05) is 20.0 Å². The van der Waals surface area contributed by atoms with Crippen molar-refractivity contribution in [3.05, 3.63) is 53.0 Å². The molecule has 2 aromatic carbocycles. The molecule has 2 amide bonds. The van der Waals surface area contributed by atoms with Crippen molar-refractivity contribution in [2.75, 3.05) is 18.4 Å². The molecule has 0 bridgehead atoms. The average molecular weight is 434 g/mol. The van der Waals surface area contributed by atoms with Gasteiger partial charge in [0.1, 0.15) is 0 Å². The second kappa shape index (κ2) is 8.70. The minimum atomic E-state index is -0.357. The molecule has 0 radical (unpaired) electrons. The minimum absolute atomic E-state index is 0.133. The van der Waals surface area contributed by atoms with E-state index in [-0.39, 0.29) is 24.4 Å². The average Bonchev–Trinajstić information content (AvgIpc) is 3.07. The first-order valence-corrected chi connectivity index (χ1v) is 9.99. The third-order valence-electron chi connectivity index (χ3n) is 4.23. The van der Waals surface area contributed by atoms with Gasteiger partial charge in [0.15, 0.2) is 0 Å². The summed E-state index contributed by atoms with van der Waals surface area (Å²) in [7, 11) is 0. The van der Waals surface area contributed by atoms with Crippen LogP contribution in [-0.4, -0.2) is 35.8 Å². The first-order chi connectivity index (χ1) is 12.5. The van der Waals surface area contributed by atoms with Gasteiger partial charge in [0.25, 0.3) is 0 Å². The molecule has 1 unspecified atom stereocenters. The normalized spacial score (nSPS) is 17.2. The lowest BCUT2D eigenvalue weighted by Gasteiger charge is -2.21. The van der Waals surface area contributed by atoms with Gasteiger partial charge in [0.05, 0.1) is 12.6 Å². The Kier molecular flexibility index (Phi) is 6.34. The highest BCUT2D eigenvalue weighted by Gasteiger charge is 2.30. The highest BCUT2D eigenvalue weighted by atomic mass is 79.9. The van der Waals surface area contributed by atoms with Gasteiger partial charge < -0.3 is 11.1 Å². The van der Waals surface area contributed by atoms with Crippen LogP contribution in [0.4, 0.5) is 5.69 Å². The number of benzene rings is 2. The van der Waals surface area contributed by atoms with Crippen molar-refractivity contribution in [1.29, 1.82) is 0 Å². The Morgan fingerprint density at radius 3 is 2.35 bits per heavy atom. The van der Waals surface area contributed by atoms with E-state index in [4.69, 9.17) is 5.73 Å². The van der Waals surface area contributed by atoms with Crippen LogP contribution in [-0.2, 0) is 9.59 Å². The molecule has 0 saturated carbocycles. The van der Waals surface area contributed by atoms with Crippen molar-refractivity contribution >= 4 is 45.2 Å². The van der Waals surface area contributed by atoms with Gasteiger partial charge >= 0.3 is 0 Å². The summed E-state index contributed by atoms with van der Waals surface area (Å²) in [6, 6.07) is 15.5. The lowest BCUT2D eigenvalue weighted by atomic mass is 10.2. The van der Waals surface area contributed by atoms with Crippen molar-refractivity contribution < 1.29 is 9.59 Å². The quantitative estimate of drug-likeness (QED) is 0.730. The number of nitrogens with zero attached hydrogens (tertiary/aromatic N) is 1. The summed E-state index contributed by atoms with van der Waals surface area (Å²) in [5.41, 5.74) is 6.13. The molecule has 1 atom stereocenters. The predicted octanol–water partition coefficient (Wildman–Crippen LogP) is 3.49. The molecule has 26 heavy (non-hydrogen) atoms. The van der Waals surface area contributed by atoms with Gasteiger partial charge in [-0.05, 0) is 67.9 Å². The third-order valence-corrected chi connectivity index (χ3v) is 5.77. The van der Waals surface area contributed by atoms with Crippen LogP contribution in [0.3, 0.4) is 0 Å². The molecule has 2 aromatic rings. The summed E-state index contributed by atoms with van der Waals surface area (Å²) in [5.74, 6) is -0.490. The van der Waals surface area contributed by atoms with E-state index in [1.54, 1.807) is 11.8 Å². The zero-order valence-electron chi connectivity index (χ0n) is 14.2. The van der Waals surface area contributed by atoms with Crippen LogP contribution < -0.4 is 11.1 Å². The van der Waals surface area contributed by atoms with Crippen LogP contribution in [0, 0.1) is 0 Å². The van der Waals surface area contributed by atoms with Crippen LogP contribution in [0.1, 0.15) is 12.8 Å². The third kappa shape index (κ3) is 5.09. The van der Waals surface area contributed by atoms with Gasteiger partial charge in [-0.25, -0.2) is 0 Å². The number of rotatable bonds is 6. The number of amides is 2. The zero-order valence-corrected chi connectivity index (χ0v) is 16.6. The zero-order chi connectivity index (χ0) is 18.5. The maximum absolute atomic E-state index is 12.2. The molecule has 3 rings (SSSR count). The number of carbonyl (C=O) groups excluding carboxylic acids is 2. The number of hydrogen-bond acceptors (Lipinski definition) is 4. The predicted molar refractivity (Wildman–Crippen MR) is 107 cm³/mol. The van der Waals surface area contributed by atoms with Crippen molar-refractivity contribution in [3.63, 3.8) is 0 Å². The molecule has 1 heterocycles. The molecule has 0 aliphatic carbocycles. The Morgan fingerprint density at radius 2 is 1.73 bits per heavy atom. The number of halogens is 1. The van der Waals surface area contributed by atoms with E-state index in [1.807, 2.05) is 41.3 Å². The van der Waals surface area contributed by atoms with Crippen LogP contribution >= 0.6 is 27.7 Å². The Balaban J connectivity index is 1.54. The summed E-state index contributed by atoms with van der Waals surface area (Å²) in [4.78, 5) is 27.7. The molecule has 0 aromatic heterocycles. The van der Waals surface area contributed by atoms with E-state index < -0.39 is 0 Å². The monoisotopic (exact) mass is 433 g/mol. The second-order valence-corrected chi connectivity index (χ2v) is 8.22. The number of hydrogen-bond donors (Lipinski definition) is 2. The highest BCUT2D eigenvalue weighted by molar-refractivity contribution is 9.10. The largest absolute Gasteiger partial charge is 0.368 e. The summed E-state index contributed by atoms with van der Waals surface area (Å²) in [6.45, 7) is 0.910. The lowest BCUT2D eigenvalue weighted by Crippen LogP contribution is -2.43. The molecule has 7 heteroatoms. The lowest BCUT2D eigenvalue weighted by molar-refractivity contribution is -0.123. The van der Waals surface area contributed by atoms with Crippen LogP contribution in [0.15, 0.2) is 62.8 Å². The van der Waals surface area contributed by atoms with Gasteiger partial charge in [-0.15, -0.1) is 0 Å². The SMILES string of the molecule is NC(=O)C1CCCN1CC(=O)Nc1ccc(Sc2ccc(Br)cc2)cc1. The van der Waals surface area contributed by atoms with Crippen molar-refractivity contribution in [2.45, 2.75) is 28.7 Å².